The summed E-state index contributed by atoms with van der Waals surface area (Å²) in [7, 11) is 0. The van der Waals surface area contributed by atoms with E-state index < -0.39 is 23.8 Å². The molecule has 1 unspecified atom stereocenters. The molecule has 0 radical (unpaired) electrons. The van der Waals surface area contributed by atoms with Crippen LogP contribution >= 0.6 is 0 Å². The number of fused-ring (bicyclic) bond motifs is 3. The van der Waals surface area contributed by atoms with Crippen LogP contribution in [0.15, 0.2) is 116 Å². The Bertz CT molecular complexity index is 1780. The van der Waals surface area contributed by atoms with Gasteiger partial charge >= 0.3 is 0 Å². The predicted molar refractivity (Wildman–Crippen MR) is 175 cm³/mol. The van der Waals surface area contributed by atoms with E-state index in [4.69, 9.17) is 5.73 Å². The lowest BCUT2D eigenvalue weighted by Gasteiger charge is -2.29. The lowest BCUT2D eigenvalue weighted by Crippen LogP contribution is -2.46. The van der Waals surface area contributed by atoms with Crippen LogP contribution in [0.4, 0.5) is 11.4 Å². The lowest BCUT2D eigenvalue weighted by atomic mass is 9.83. The number of nitrogens with zero attached hydrogens (tertiary/aromatic N) is 1. The number of hydrogen-bond acceptors (Lipinski definition) is 4. The first-order valence-corrected chi connectivity index (χ1v) is 15.3. The molecule has 2 aliphatic rings. The fourth-order valence-electron chi connectivity index (χ4n) is 6.29. The topological polar surface area (TPSA) is 110 Å². The quantitative estimate of drug-likeness (QED) is 0.152. The molecule has 3 atom stereocenters. The molecule has 1 heterocycles. The van der Waals surface area contributed by atoms with E-state index in [1.807, 2.05) is 66.7 Å². The minimum Gasteiger partial charge on any atom is -0.369 e. The van der Waals surface area contributed by atoms with Crippen molar-refractivity contribution in [1.82, 2.24) is 5.32 Å². The number of amides is 3. The van der Waals surface area contributed by atoms with Crippen molar-refractivity contribution in [3.8, 4) is 11.1 Å². The summed E-state index contributed by atoms with van der Waals surface area (Å²) in [4.78, 5) is 56.4. The van der Waals surface area contributed by atoms with Crippen molar-refractivity contribution in [2.24, 2.45) is 23.5 Å². The van der Waals surface area contributed by atoms with E-state index in [0.29, 0.717) is 40.4 Å². The Hall–Kier alpha value is -5.30. The largest absolute Gasteiger partial charge is 0.369 e. The molecular formula is C38H35N3O4. The second-order valence-corrected chi connectivity index (χ2v) is 11.8. The van der Waals surface area contributed by atoms with E-state index >= 15 is 0 Å². The molecule has 3 amide bonds. The molecule has 1 fully saturated rings. The van der Waals surface area contributed by atoms with Gasteiger partial charge in [-0.2, -0.15) is 0 Å². The zero-order valence-corrected chi connectivity index (χ0v) is 24.9. The summed E-state index contributed by atoms with van der Waals surface area (Å²) in [5.74, 6) is -2.57. The summed E-state index contributed by atoms with van der Waals surface area (Å²) in [5.41, 5.74) is 10.2. The van der Waals surface area contributed by atoms with Gasteiger partial charge in [0.2, 0.25) is 11.8 Å². The number of nitrogens with two attached hydrogens (primary N) is 1. The molecule has 226 valence electrons. The highest BCUT2D eigenvalue weighted by Gasteiger charge is 2.41. The summed E-state index contributed by atoms with van der Waals surface area (Å²) >= 11 is 0. The predicted octanol–water partition coefficient (Wildman–Crippen LogP) is 6.51. The second-order valence-electron chi connectivity index (χ2n) is 11.8. The summed E-state index contributed by atoms with van der Waals surface area (Å²) in [5, 5.41) is 3.05. The maximum Gasteiger partial charge on any atom is 0.258 e. The maximum absolute atomic E-state index is 14.8. The zero-order valence-electron chi connectivity index (χ0n) is 24.9. The molecule has 3 N–H and O–H groups in total. The monoisotopic (exact) mass is 597 g/mol. The van der Waals surface area contributed by atoms with Crippen molar-refractivity contribution in [3.63, 3.8) is 0 Å². The molecule has 1 saturated carbocycles. The van der Waals surface area contributed by atoms with Crippen LogP contribution in [0.3, 0.4) is 0 Å². The van der Waals surface area contributed by atoms with Gasteiger partial charge < -0.3 is 11.1 Å². The molecule has 7 heteroatoms. The van der Waals surface area contributed by atoms with Gasteiger partial charge in [-0.15, -0.1) is 6.58 Å². The Morgan fingerprint density at radius 2 is 1.51 bits per heavy atom. The maximum atomic E-state index is 14.8. The van der Waals surface area contributed by atoms with E-state index in [0.717, 1.165) is 24.0 Å². The fraction of sp³-hybridized carbons (Fsp3) is 0.211. The van der Waals surface area contributed by atoms with Crippen molar-refractivity contribution in [2.45, 2.75) is 31.7 Å². The SMILES string of the molecule is C=CC[C@H](C(N)=O)[C@@H](CC1CC1)C(=O)NC1C(=O)N(c2cccc(C(=O)c3ccccc3)c2)c2ccccc2-c2ccccc21. The molecule has 4 aromatic rings. The summed E-state index contributed by atoms with van der Waals surface area (Å²) in [6.45, 7) is 3.77. The van der Waals surface area contributed by atoms with Gasteiger partial charge in [0, 0.05) is 22.4 Å². The first-order chi connectivity index (χ1) is 21.9. The van der Waals surface area contributed by atoms with E-state index in [9.17, 15) is 19.2 Å². The van der Waals surface area contributed by atoms with Gasteiger partial charge in [0.15, 0.2) is 5.78 Å². The van der Waals surface area contributed by atoms with Gasteiger partial charge in [-0.1, -0.05) is 104 Å². The van der Waals surface area contributed by atoms with E-state index in [2.05, 4.69) is 11.9 Å². The van der Waals surface area contributed by atoms with Gasteiger partial charge in [0.1, 0.15) is 6.04 Å². The second kappa shape index (κ2) is 12.7. The number of carbonyl (C=O) groups is 4. The fourth-order valence-corrected chi connectivity index (χ4v) is 6.29. The third-order valence-electron chi connectivity index (χ3n) is 8.76. The number of hydrogen-bond donors (Lipinski definition) is 2. The molecule has 7 nitrogen and oxygen atoms in total. The normalized spacial score (nSPS) is 16.8. The highest BCUT2D eigenvalue weighted by Crippen LogP contribution is 2.44. The number of rotatable bonds is 11. The third-order valence-corrected chi connectivity index (χ3v) is 8.76. The summed E-state index contributed by atoms with van der Waals surface area (Å²) in [6.07, 6.45) is 4.39. The molecule has 45 heavy (non-hydrogen) atoms. The molecule has 4 aromatic carbocycles. The van der Waals surface area contributed by atoms with Gasteiger partial charge in [-0.05, 0) is 48.1 Å². The first-order valence-electron chi connectivity index (χ1n) is 15.3. The molecular weight excluding hydrogens is 562 g/mol. The molecule has 1 aliphatic carbocycles. The van der Waals surface area contributed by atoms with Crippen molar-refractivity contribution in [2.75, 3.05) is 4.90 Å². The van der Waals surface area contributed by atoms with Crippen molar-refractivity contribution >= 4 is 34.9 Å². The number of para-hydroxylation sites is 1. The Morgan fingerprint density at radius 1 is 0.844 bits per heavy atom. The minimum absolute atomic E-state index is 0.163. The molecule has 1 aliphatic heterocycles. The van der Waals surface area contributed by atoms with Crippen molar-refractivity contribution < 1.29 is 19.2 Å². The van der Waals surface area contributed by atoms with Crippen molar-refractivity contribution in [1.29, 1.82) is 0 Å². The molecule has 0 bridgehead atoms. The van der Waals surface area contributed by atoms with E-state index in [-0.39, 0.29) is 24.0 Å². The Balaban J connectivity index is 1.43. The third kappa shape index (κ3) is 6.07. The van der Waals surface area contributed by atoms with Gasteiger partial charge in [0.05, 0.1) is 17.5 Å². The van der Waals surface area contributed by atoms with Crippen molar-refractivity contribution in [3.05, 3.63) is 132 Å². The smallest absolute Gasteiger partial charge is 0.258 e. The number of primary amides is 1. The average molecular weight is 598 g/mol. The van der Waals surface area contributed by atoms with Crippen LogP contribution < -0.4 is 16.0 Å². The average Bonchev–Trinajstić information content (AvgIpc) is 3.90. The van der Waals surface area contributed by atoms with Gasteiger partial charge in [0.25, 0.3) is 5.91 Å². The van der Waals surface area contributed by atoms with Crippen LogP contribution in [0, 0.1) is 17.8 Å². The summed E-state index contributed by atoms with van der Waals surface area (Å²) < 4.78 is 0. The molecule has 0 aromatic heterocycles. The van der Waals surface area contributed by atoms with Crippen LogP contribution in [0.1, 0.15) is 53.2 Å². The van der Waals surface area contributed by atoms with E-state index in [1.165, 1.54) is 0 Å². The number of nitrogens with one attached hydrogen (secondary N) is 1. The highest BCUT2D eigenvalue weighted by molar-refractivity contribution is 6.13. The molecule has 6 rings (SSSR count). The number of ketones is 1. The van der Waals surface area contributed by atoms with Gasteiger partial charge in [-0.25, -0.2) is 0 Å². The van der Waals surface area contributed by atoms with Crippen LogP contribution in [0.25, 0.3) is 11.1 Å². The van der Waals surface area contributed by atoms with Crippen LogP contribution in [-0.2, 0) is 14.4 Å². The van der Waals surface area contributed by atoms with E-state index in [1.54, 1.807) is 47.4 Å². The number of allylic oxidation sites excluding steroid dienone is 1. The van der Waals surface area contributed by atoms with Crippen LogP contribution in [0.2, 0.25) is 0 Å². The Morgan fingerprint density at radius 3 is 2.22 bits per heavy atom. The molecule has 0 saturated heterocycles. The number of benzene rings is 4. The Labute approximate surface area is 262 Å². The summed E-state index contributed by atoms with van der Waals surface area (Å²) in [6, 6.07) is 30.0. The lowest BCUT2D eigenvalue weighted by molar-refractivity contribution is -0.135. The number of carbonyl (C=O) groups excluding carboxylic acids is 4. The van der Waals surface area contributed by atoms with Crippen LogP contribution in [0.5, 0.6) is 0 Å². The minimum atomic E-state index is -1.06. The highest BCUT2D eigenvalue weighted by atomic mass is 16.2. The zero-order chi connectivity index (χ0) is 31.5. The Kier molecular flexibility index (Phi) is 8.43. The van der Waals surface area contributed by atoms with Gasteiger partial charge in [-0.3, -0.25) is 24.1 Å². The standard InChI is InChI=1S/C38H35N3O4/c1-2-11-31(36(39)43)32(22-24-20-21-24)37(44)40-34-30-18-7-6-16-28(30)29-17-8-9-19-33(29)41(38(34)45)27-15-10-14-26(23-27)35(42)25-12-4-3-5-13-25/h2-10,12-19,23-24,31-32,34H,1,11,20-22H2,(H2,39,43)(H,40,44)/t31-,32+,34?/m0/s1. The van der Waals surface area contributed by atoms with Crippen LogP contribution in [-0.4, -0.2) is 23.5 Å². The first kappa shape index (κ1) is 29.8. The number of anilines is 2. The molecule has 0 spiro atoms.